The van der Waals surface area contributed by atoms with Gasteiger partial charge in [-0.1, -0.05) is 0 Å². The van der Waals surface area contributed by atoms with Crippen molar-refractivity contribution in [1.29, 1.82) is 0 Å². The third-order valence-corrected chi connectivity index (χ3v) is 5.00. The van der Waals surface area contributed by atoms with Crippen molar-refractivity contribution in [2.45, 2.75) is 25.2 Å². The molecule has 0 unspecified atom stereocenters. The van der Waals surface area contributed by atoms with Gasteiger partial charge in [0.2, 0.25) is 11.8 Å². The molecule has 2 aliphatic rings. The van der Waals surface area contributed by atoms with Crippen LogP contribution in [0.3, 0.4) is 0 Å². The number of rotatable bonds is 4. The highest BCUT2D eigenvalue weighted by Gasteiger charge is 2.32. The minimum absolute atomic E-state index is 0.0118. The zero-order valence-electron chi connectivity index (χ0n) is 15.2. The number of piperazine rings is 1. The molecule has 8 nitrogen and oxygen atoms in total. The number of hydrogen-bond acceptors (Lipinski definition) is 5. The Labute approximate surface area is 158 Å². The molecule has 2 aromatic rings. The van der Waals surface area contributed by atoms with Crippen LogP contribution in [-0.4, -0.2) is 56.7 Å². The van der Waals surface area contributed by atoms with Crippen LogP contribution in [0.5, 0.6) is 0 Å². The molecule has 0 bridgehead atoms. The van der Waals surface area contributed by atoms with E-state index in [0.29, 0.717) is 13.1 Å². The Balaban J connectivity index is 1.48. The first kappa shape index (κ1) is 18.5. The van der Waals surface area contributed by atoms with Gasteiger partial charge in [0.15, 0.2) is 0 Å². The van der Waals surface area contributed by atoms with Gasteiger partial charge < -0.3 is 9.80 Å². The monoisotopic (exact) mass is 396 g/mol. The minimum Gasteiger partial charge on any atom is -0.339 e. The molecule has 11 heteroatoms. The number of halogens is 3. The van der Waals surface area contributed by atoms with Gasteiger partial charge in [0.1, 0.15) is 5.69 Å². The predicted molar refractivity (Wildman–Crippen MR) is 93.1 cm³/mol. The summed E-state index contributed by atoms with van der Waals surface area (Å²) in [5.74, 6) is -1.09. The van der Waals surface area contributed by atoms with Crippen LogP contribution in [0.1, 0.15) is 46.9 Å². The SMILES string of the molecule is Cn1cc(C(=O)N2CCN(c3nc(C4CC4)c(F)c(=O)[nH]3)CC2)c(C(F)F)n1. The van der Waals surface area contributed by atoms with Crippen molar-refractivity contribution in [2.24, 2.45) is 7.05 Å². The standard InChI is InChI=1S/C17H19F3N6O2/c1-24-8-10(13(23-24)14(19)20)16(28)25-4-6-26(7-5-25)17-21-12(9-2-3-9)11(18)15(27)22-17/h8-9,14H,2-7H2,1H3,(H,21,22,27). The Bertz CT molecular complexity index is 960. The summed E-state index contributed by atoms with van der Waals surface area (Å²) in [6.45, 7) is 1.20. The fourth-order valence-electron chi connectivity index (χ4n) is 3.36. The highest BCUT2D eigenvalue weighted by molar-refractivity contribution is 5.95. The molecule has 2 fully saturated rings. The lowest BCUT2D eigenvalue weighted by Gasteiger charge is -2.35. The number of carbonyl (C=O) groups is 1. The summed E-state index contributed by atoms with van der Waals surface area (Å²) in [5, 5.41) is 3.66. The van der Waals surface area contributed by atoms with Gasteiger partial charge in [-0.15, -0.1) is 0 Å². The van der Waals surface area contributed by atoms with Crippen LogP contribution in [0.15, 0.2) is 11.0 Å². The van der Waals surface area contributed by atoms with Gasteiger partial charge in [-0.2, -0.15) is 9.49 Å². The van der Waals surface area contributed by atoms with Gasteiger partial charge in [0, 0.05) is 45.3 Å². The van der Waals surface area contributed by atoms with E-state index in [1.807, 2.05) is 0 Å². The topological polar surface area (TPSA) is 87.1 Å². The van der Waals surface area contributed by atoms with Gasteiger partial charge in [0.05, 0.1) is 11.3 Å². The number of H-pyrrole nitrogens is 1. The van der Waals surface area contributed by atoms with E-state index < -0.39 is 29.4 Å². The van der Waals surface area contributed by atoms with Crippen LogP contribution in [0.4, 0.5) is 19.1 Å². The summed E-state index contributed by atoms with van der Waals surface area (Å²) in [5.41, 5.74) is -1.26. The van der Waals surface area contributed by atoms with Crippen molar-refractivity contribution in [1.82, 2.24) is 24.6 Å². The molecule has 150 valence electrons. The van der Waals surface area contributed by atoms with Gasteiger partial charge >= 0.3 is 0 Å². The van der Waals surface area contributed by atoms with E-state index in [-0.39, 0.29) is 36.2 Å². The Morgan fingerprint density at radius 2 is 1.93 bits per heavy atom. The average Bonchev–Trinajstić information content (AvgIpc) is 3.44. The fraction of sp³-hybridized carbons (Fsp3) is 0.529. The smallest absolute Gasteiger partial charge is 0.288 e. The number of carbonyl (C=O) groups excluding carboxylic acids is 1. The van der Waals surface area contributed by atoms with E-state index >= 15 is 0 Å². The number of nitrogens with zero attached hydrogens (tertiary/aromatic N) is 5. The van der Waals surface area contributed by atoms with Crippen molar-refractivity contribution >= 4 is 11.9 Å². The number of anilines is 1. The number of nitrogens with one attached hydrogen (secondary N) is 1. The molecule has 0 radical (unpaired) electrons. The summed E-state index contributed by atoms with van der Waals surface area (Å²) >= 11 is 0. The van der Waals surface area contributed by atoms with Crippen LogP contribution >= 0.6 is 0 Å². The van der Waals surface area contributed by atoms with Crippen molar-refractivity contribution in [3.05, 3.63) is 39.3 Å². The second-order valence-corrected chi connectivity index (χ2v) is 7.04. The predicted octanol–water partition coefficient (Wildman–Crippen LogP) is 1.42. The number of aromatic amines is 1. The molecular formula is C17H19F3N6O2. The van der Waals surface area contributed by atoms with E-state index in [1.165, 1.54) is 22.8 Å². The minimum atomic E-state index is -2.84. The third-order valence-electron chi connectivity index (χ3n) is 5.00. The number of aromatic nitrogens is 4. The molecule has 4 rings (SSSR count). The number of aryl methyl sites for hydroxylation is 1. The summed E-state index contributed by atoms with van der Waals surface area (Å²) in [7, 11) is 1.48. The number of amides is 1. The third kappa shape index (κ3) is 3.36. The highest BCUT2D eigenvalue weighted by Crippen LogP contribution is 2.39. The number of hydrogen-bond donors (Lipinski definition) is 1. The van der Waals surface area contributed by atoms with E-state index in [2.05, 4.69) is 15.1 Å². The Kier molecular flexibility index (Phi) is 4.60. The molecule has 1 saturated heterocycles. The Morgan fingerprint density at radius 1 is 1.25 bits per heavy atom. The van der Waals surface area contributed by atoms with Crippen LogP contribution in [0.2, 0.25) is 0 Å². The van der Waals surface area contributed by atoms with Crippen molar-refractivity contribution < 1.29 is 18.0 Å². The maximum absolute atomic E-state index is 14.0. The Hall–Kier alpha value is -2.85. The van der Waals surface area contributed by atoms with Gasteiger partial charge in [0.25, 0.3) is 17.9 Å². The normalized spacial score (nSPS) is 17.5. The van der Waals surface area contributed by atoms with Crippen molar-refractivity contribution in [2.75, 3.05) is 31.1 Å². The lowest BCUT2D eigenvalue weighted by Crippen LogP contribution is -2.49. The van der Waals surface area contributed by atoms with Crippen molar-refractivity contribution in [3.63, 3.8) is 0 Å². The van der Waals surface area contributed by atoms with Gasteiger partial charge in [-0.25, -0.2) is 13.8 Å². The number of alkyl halides is 2. The second kappa shape index (κ2) is 6.95. The summed E-state index contributed by atoms with van der Waals surface area (Å²) in [6, 6.07) is 0. The maximum Gasteiger partial charge on any atom is 0.288 e. The molecule has 1 N–H and O–H groups in total. The Morgan fingerprint density at radius 3 is 2.54 bits per heavy atom. The first-order valence-corrected chi connectivity index (χ1v) is 9.00. The molecule has 28 heavy (non-hydrogen) atoms. The summed E-state index contributed by atoms with van der Waals surface area (Å²) < 4.78 is 41.4. The second-order valence-electron chi connectivity index (χ2n) is 7.04. The molecule has 0 aromatic carbocycles. The van der Waals surface area contributed by atoms with Gasteiger partial charge in [-0.3, -0.25) is 19.3 Å². The summed E-state index contributed by atoms with van der Waals surface area (Å²) in [6.07, 6.45) is 0.0759. The molecule has 1 amide bonds. The molecule has 2 aromatic heterocycles. The average molecular weight is 396 g/mol. The van der Waals surface area contributed by atoms with Crippen LogP contribution in [0, 0.1) is 5.82 Å². The summed E-state index contributed by atoms with van der Waals surface area (Å²) in [4.78, 5) is 34.4. The van der Waals surface area contributed by atoms with Gasteiger partial charge in [-0.05, 0) is 12.8 Å². The first-order valence-electron chi connectivity index (χ1n) is 9.00. The van der Waals surface area contributed by atoms with Crippen LogP contribution in [-0.2, 0) is 7.05 Å². The van der Waals surface area contributed by atoms with E-state index in [4.69, 9.17) is 0 Å². The van der Waals surface area contributed by atoms with Crippen LogP contribution in [0.25, 0.3) is 0 Å². The molecule has 0 atom stereocenters. The van der Waals surface area contributed by atoms with E-state index in [9.17, 15) is 22.8 Å². The largest absolute Gasteiger partial charge is 0.339 e. The quantitative estimate of drug-likeness (QED) is 0.845. The molecule has 3 heterocycles. The van der Waals surface area contributed by atoms with E-state index in [1.54, 1.807) is 4.90 Å². The molecular weight excluding hydrogens is 377 g/mol. The lowest BCUT2D eigenvalue weighted by molar-refractivity contribution is 0.0733. The van der Waals surface area contributed by atoms with E-state index in [0.717, 1.165) is 12.8 Å². The molecule has 1 aliphatic heterocycles. The maximum atomic E-state index is 14.0. The molecule has 0 spiro atoms. The molecule has 1 aliphatic carbocycles. The van der Waals surface area contributed by atoms with Crippen LogP contribution < -0.4 is 10.5 Å². The fourth-order valence-corrected chi connectivity index (χ4v) is 3.36. The first-order chi connectivity index (χ1) is 13.3. The lowest BCUT2D eigenvalue weighted by atomic mass is 10.2. The zero-order valence-corrected chi connectivity index (χ0v) is 15.2. The highest BCUT2D eigenvalue weighted by atomic mass is 19.3. The van der Waals surface area contributed by atoms with Crippen molar-refractivity contribution in [3.8, 4) is 0 Å². The zero-order chi connectivity index (χ0) is 20.0. The molecule has 1 saturated carbocycles.